The number of rotatable bonds is 4. The molecule has 0 bridgehead atoms. The Morgan fingerprint density at radius 1 is 1.36 bits per heavy atom. The highest BCUT2D eigenvalue weighted by atomic mass is 79.9. The molecule has 1 aromatic rings. The van der Waals surface area contributed by atoms with E-state index in [1.165, 1.54) is 4.90 Å². The summed E-state index contributed by atoms with van der Waals surface area (Å²) in [6.45, 7) is 4.04. The zero-order valence-corrected chi connectivity index (χ0v) is 14.4. The van der Waals surface area contributed by atoms with E-state index in [-0.39, 0.29) is 12.6 Å². The van der Waals surface area contributed by atoms with Gasteiger partial charge in [-0.2, -0.15) is 0 Å². The van der Waals surface area contributed by atoms with E-state index < -0.39 is 12.0 Å². The van der Waals surface area contributed by atoms with Crippen molar-refractivity contribution in [1.82, 2.24) is 10.2 Å². The minimum atomic E-state index is -0.504. The van der Waals surface area contributed by atoms with Gasteiger partial charge in [-0.3, -0.25) is 4.90 Å². The van der Waals surface area contributed by atoms with Crippen LogP contribution >= 0.6 is 15.9 Å². The Morgan fingerprint density at radius 3 is 2.55 bits per heavy atom. The van der Waals surface area contributed by atoms with Crippen LogP contribution in [0.4, 0.5) is 4.79 Å². The van der Waals surface area contributed by atoms with Crippen molar-refractivity contribution < 1.29 is 14.3 Å². The monoisotopic (exact) mass is 366 g/mol. The second-order valence-corrected chi connectivity index (χ2v) is 5.63. The van der Waals surface area contributed by atoms with Gasteiger partial charge in [0.15, 0.2) is 0 Å². The second kappa shape index (κ2) is 6.96. The first-order valence-corrected chi connectivity index (χ1v) is 8.18. The Balaban J connectivity index is 2.53. The predicted octanol–water partition coefficient (Wildman–Crippen LogP) is 2.90. The number of esters is 1. The molecule has 22 heavy (non-hydrogen) atoms. The minimum absolute atomic E-state index is 0.243. The first kappa shape index (κ1) is 16.5. The van der Waals surface area contributed by atoms with Gasteiger partial charge in [0.25, 0.3) is 0 Å². The van der Waals surface area contributed by atoms with Crippen LogP contribution in [0.3, 0.4) is 0 Å². The maximum absolute atomic E-state index is 12.4. The standard InChI is InChI=1S/C16H19BrN2O3/c1-4-22-15(20)13-12(9-17)19(3)16(21)18-14(13)11-7-5-10(2)6-8-11/h5-8,14H,4,9H2,1-3H3,(H,18,21). The van der Waals surface area contributed by atoms with Crippen LogP contribution in [-0.4, -0.2) is 35.9 Å². The largest absolute Gasteiger partial charge is 0.463 e. The number of aryl methyl sites for hydroxylation is 1. The molecule has 0 saturated carbocycles. The summed E-state index contributed by atoms with van der Waals surface area (Å²) >= 11 is 3.36. The van der Waals surface area contributed by atoms with Crippen LogP contribution in [0, 0.1) is 6.92 Å². The number of hydrogen-bond donors (Lipinski definition) is 1. The van der Waals surface area contributed by atoms with Gasteiger partial charge in [-0.25, -0.2) is 9.59 Å². The zero-order valence-electron chi connectivity index (χ0n) is 12.9. The second-order valence-electron chi connectivity index (χ2n) is 5.07. The maximum atomic E-state index is 12.4. The molecule has 0 spiro atoms. The number of urea groups is 1. The van der Waals surface area contributed by atoms with Crippen LogP contribution in [0.25, 0.3) is 0 Å². The Hall–Kier alpha value is -1.82. The van der Waals surface area contributed by atoms with Crippen LogP contribution in [0.5, 0.6) is 0 Å². The molecule has 1 atom stereocenters. The summed E-state index contributed by atoms with van der Waals surface area (Å²) in [5.74, 6) is -0.408. The first-order valence-electron chi connectivity index (χ1n) is 7.06. The Morgan fingerprint density at radius 2 is 2.00 bits per heavy atom. The van der Waals surface area contributed by atoms with Crippen LogP contribution in [0.2, 0.25) is 0 Å². The summed E-state index contributed by atoms with van der Waals surface area (Å²) in [7, 11) is 1.64. The highest BCUT2D eigenvalue weighted by Gasteiger charge is 2.36. The third-order valence-corrected chi connectivity index (χ3v) is 4.14. The molecule has 6 heteroatoms. The van der Waals surface area contributed by atoms with Gasteiger partial charge >= 0.3 is 12.0 Å². The number of nitrogens with zero attached hydrogens (tertiary/aromatic N) is 1. The van der Waals surface area contributed by atoms with E-state index in [0.29, 0.717) is 16.6 Å². The average molecular weight is 367 g/mol. The van der Waals surface area contributed by atoms with Crippen molar-refractivity contribution in [3.05, 3.63) is 46.7 Å². The van der Waals surface area contributed by atoms with E-state index in [1.54, 1.807) is 14.0 Å². The Bertz CT molecular complexity index is 610. The van der Waals surface area contributed by atoms with Gasteiger partial charge in [-0.05, 0) is 19.4 Å². The fourth-order valence-corrected chi connectivity index (χ4v) is 3.06. The molecule has 0 aliphatic carbocycles. The molecular weight excluding hydrogens is 348 g/mol. The summed E-state index contributed by atoms with van der Waals surface area (Å²) in [4.78, 5) is 26.0. The highest BCUT2D eigenvalue weighted by molar-refractivity contribution is 9.09. The quantitative estimate of drug-likeness (QED) is 0.658. The molecule has 1 N–H and O–H groups in total. The molecule has 2 amide bonds. The predicted molar refractivity (Wildman–Crippen MR) is 87.7 cm³/mol. The molecular formula is C16H19BrN2O3. The van der Waals surface area contributed by atoms with E-state index in [9.17, 15) is 9.59 Å². The third-order valence-electron chi connectivity index (χ3n) is 3.61. The van der Waals surface area contributed by atoms with Crippen molar-refractivity contribution in [2.24, 2.45) is 0 Å². The third kappa shape index (κ3) is 3.16. The van der Waals surface area contributed by atoms with Gasteiger partial charge in [-0.15, -0.1) is 0 Å². The van der Waals surface area contributed by atoms with Gasteiger partial charge in [-0.1, -0.05) is 45.8 Å². The number of alkyl halides is 1. The number of carbonyl (C=O) groups excluding carboxylic acids is 2. The topological polar surface area (TPSA) is 58.6 Å². The number of allylic oxidation sites excluding steroid dienone is 1. The van der Waals surface area contributed by atoms with Crippen molar-refractivity contribution in [2.45, 2.75) is 19.9 Å². The lowest BCUT2D eigenvalue weighted by molar-refractivity contribution is -0.139. The van der Waals surface area contributed by atoms with Crippen LogP contribution in [-0.2, 0) is 9.53 Å². The number of hydrogen-bond acceptors (Lipinski definition) is 3. The highest BCUT2D eigenvalue weighted by Crippen LogP contribution is 2.31. The number of halogens is 1. The van der Waals surface area contributed by atoms with Crippen molar-refractivity contribution >= 4 is 27.9 Å². The van der Waals surface area contributed by atoms with E-state index in [4.69, 9.17) is 4.74 Å². The molecule has 0 fully saturated rings. The van der Waals surface area contributed by atoms with Crippen molar-refractivity contribution in [1.29, 1.82) is 0 Å². The molecule has 118 valence electrons. The number of amides is 2. The lowest BCUT2D eigenvalue weighted by Crippen LogP contribution is -2.47. The smallest absolute Gasteiger partial charge is 0.338 e. The fraction of sp³-hybridized carbons (Fsp3) is 0.375. The molecule has 0 radical (unpaired) electrons. The number of nitrogens with one attached hydrogen (secondary N) is 1. The molecule has 1 unspecified atom stereocenters. The van der Waals surface area contributed by atoms with Crippen LogP contribution in [0.1, 0.15) is 24.1 Å². The summed E-state index contributed by atoms with van der Waals surface area (Å²) in [5, 5.41) is 3.26. The first-order chi connectivity index (χ1) is 10.5. The van der Waals surface area contributed by atoms with E-state index in [2.05, 4.69) is 21.2 Å². The number of ether oxygens (including phenoxy) is 1. The summed E-state index contributed by atoms with van der Waals surface area (Å²) < 4.78 is 5.18. The Kier molecular flexibility index (Phi) is 5.24. The van der Waals surface area contributed by atoms with Gasteiger partial charge < -0.3 is 10.1 Å². The summed E-state index contributed by atoms with van der Waals surface area (Å²) in [5.41, 5.74) is 3.05. The van der Waals surface area contributed by atoms with E-state index >= 15 is 0 Å². The molecule has 2 rings (SSSR count). The zero-order chi connectivity index (χ0) is 16.3. The molecule has 5 nitrogen and oxygen atoms in total. The maximum Gasteiger partial charge on any atom is 0.338 e. The molecule has 1 aromatic carbocycles. The number of carbonyl (C=O) groups is 2. The van der Waals surface area contributed by atoms with Gasteiger partial charge in [0.1, 0.15) is 0 Å². The molecule has 0 aromatic heterocycles. The average Bonchev–Trinajstić information content (AvgIpc) is 2.50. The summed E-state index contributed by atoms with van der Waals surface area (Å²) in [6, 6.07) is 6.99. The van der Waals surface area contributed by atoms with Gasteiger partial charge in [0.2, 0.25) is 0 Å². The van der Waals surface area contributed by atoms with Crippen LogP contribution < -0.4 is 5.32 Å². The minimum Gasteiger partial charge on any atom is -0.463 e. The Labute approximate surface area is 138 Å². The fourth-order valence-electron chi connectivity index (χ4n) is 2.38. The lowest BCUT2D eigenvalue weighted by Gasteiger charge is -2.34. The van der Waals surface area contributed by atoms with Crippen molar-refractivity contribution in [3.63, 3.8) is 0 Å². The molecule has 1 heterocycles. The van der Waals surface area contributed by atoms with E-state index in [1.807, 2.05) is 31.2 Å². The van der Waals surface area contributed by atoms with E-state index in [0.717, 1.165) is 11.1 Å². The van der Waals surface area contributed by atoms with Crippen molar-refractivity contribution in [2.75, 3.05) is 19.0 Å². The molecule has 0 saturated heterocycles. The molecule has 1 aliphatic rings. The normalized spacial score (nSPS) is 18.3. The lowest BCUT2D eigenvalue weighted by atomic mass is 9.94. The number of benzene rings is 1. The summed E-state index contributed by atoms with van der Waals surface area (Å²) in [6.07, 6.45) is 0. The SMILES string of the molecule is CCOC(=O)C1=C(CBr)N(C)C(=O)NC1c1ccc(C)cc1. The van der Waals surface area contributed by atoms with Crippen molar-refractivity contribution in [3.8, 4) is 0 Å². The molecule has 1 aliphatic heterocycles. The van der Waals surface area contributed by atoms with Gasteiger partial charge in [0.05, 0.1) is 18.2 Å². The van der Waals surface area contributed by atoms with Crippen LogP contribution in [0.15, 0.2) is 35.5 Å². The van der Waals surface area contributed by atoms with Gasteiger partial charge in [0, 0.05) is 18.1 Å².